The van der Waals surface area contributed by atoms with Crippen LogP contribution < -0.4 is 5.32 Å². The minimum atomic E-state index is -0.473. The van der Waals surface area contributed by atoms with E-state index in [0.717, 1.165) is 0 Å². The zero-order chi connectivity index (χ0) is 15.1. The Labute approximate surface area is 117 Å². The van der Waals surface area contributed by atoms with Gasteiger partial charge in [-0.2, -0.15) is 5.26 Å². The highest BCUT2D eigenvalue weighted by Gasteiger charge is 2.12. The Kier molecular flexibility index (Phi) is 5.88. The number of methoxy groups -OCH3 is 1. The number of amides is 1. The number of nitrogens with one attached hydrogen (secondary N) is 1. The van der Waals surface area contributed by atoms with E-state index in [1.807, 2.05) is 6.07 Å². The molecule has 4 nitrogen and oxygen atoms in total. The second-order valence-corrected chi connectivity index (χ2v) is 4.51. The van der Waals surface area contributed by atoms with Gasteiger partial charge in [-0.1, -0.05) is 6.07 Å². The van der Waals surface area contributed by atoms with Crippen molar-refractivity contribution in [3.63, 3.8) is 0 Å². The van der Waals surface area contributed by atoms with Gasteiger partial charge < -0.3 is 10.1 Å². The molecule has 1 aromatic carbocycles. The molecule has 0 aliphatic carbocycles. The van der Waals surface area contributed by atoms with Gasteiger partial charge in [-0.25, -0.2) is 4.39 Å². The molecule has 0 spiro atoms. The lowest BCUT2D eigenvalue weighted by Crippen LogP contribution is -2.36. The molecule has 0 saturated heterocycles. The average molecular weight is 276 g/mol. The first-order valence-corrected chi connectivity index (χ1v) is 6.15. The number of hydrogen-bond acceptors (Lipinski definition) is 3. The summed E-state index contributed by atoms with van der Waals surface area (Å²) in [6.45, 7) is 3.76. The molecule has 0 saturated carbocycles. The van der Waals surface area contributed by atoms with E-state index in [1.54, 1.807) is 19.9 Å². The van der Waals surface area contributed by atoms with Crippen molar-refractivity contribution in [2.75, 3.05) is 13.7 Å². The molecule has 1 amide bonds. The Morgan fingerprint density at radius 3 is 2.85 bits per heavy atom. The summed E-state index contributed by atoms with van der Waals surface area (Å²) in [5.74, 6) is -0.794. The van der Waals surface area contributed by atoms with E-state index in [0.29, 0.717) is 17.7 Å². The van der Waals surface area contributed by atoms with Crippen LogP contribution in [0.3, 0.4) is 0 Å². The van der Waals surface area contributed by atoms with Crippen molar-refractivity contribution in [1.29, 1.82) is 5.26 Å². The number of aryl methyl sites for hydroxylation is 1. The Bertz CT molecular complexity index is 561. The van der Waals surface area contributed by atoms with E-state index in [-0.39, 0.29) is 17.4 Å². The van der Waals surface area contributed by atoms with Gasteiger partial charge in [-0.05, 0) is 43.2 Å². The number of ether oxygens (including phenoxy) is 1. The second-order valence-electron chi connectivity index (χ2n) is 4.51. The Hall–Kier alpha value is -2.19. The van der Waals surface area contributed by atoms with Gasteiger partial charge in [0.25, 0.3) is 5.91 Å². The molecule has 0 fully saturated rings. The maximum Gasteiger partial charge on any atom is 0.262 e. The maximum atomic E-state index is 13.2. The molecule has 1 unspecified atom stereocenters. The Morgan fingerprint density at radius 2 is 2.30 bits per heavy atom. The SMILES string of the molecule is COCC(C)NC(=O)/C(C#N)=C\c1ccc(F)c(C)c1. The van der Waals surface area contributed by atoms with Crippen LogP contribution in [-0.2, 0) is 9.53 Å². The highest BCUT2D eigenvalue weighted by molar-refractivity contribution is 6.01. The summed E-state index contributed by atoms with van der Waals surface area (Å²) in [5, 5.41) is 11.7. The molecule has 20 heavy (non-hydrogen) atoms. The molecule has 0 aliphatic heterocycles. The third-order valence-corrected chi connectivity index (χ3v) is 2.65. The van der Waals surface area contributed by atoms with Crippen molar-refractivity contribution < 1.29 is 13.9 Å². The van der Waals surface area contributed by atoms with E-state index in [2.05, 4.69) is 5.32 Å². The number of nitriles is 1. The predicted octanol–water partition coefficient (Wildman–Crippen LogP) is 2.19. The fourth-order valence-corrected chi connectivity index (χ4v) is 1.67. The average Bonchev–Trinajstić information content (AvgIpc) is 2.40. The number of carbonyl (C=O) groups is 1. The van der Waals surface area contributed by atoms with Crippen LogP contribution in [-0.4, -0.2) is 25.7 Å². The van der Waals surface area contributed by atoms with E-state index in [4.69, 9.17) is 10.00 Å². The minimum Gasteiger partial charge on any atom is -0.383 e. The van der Waals surface area contributed by atoms with E-state index in [9.17, 15) is 9.18 Å². The number of carbonyl (C=O) groups excluding carboxylic acids is 1. The van der Waals surface area contributed by atoms with E-state index < -0.39 is 5.91 Å². The van der Waals surface area contributed by atoms with Gasteiger partial charge >= 0.3 is 0 Å². The van der Waals surface area contributed by atoms with Crippen molar-refractivity contribution in [3.8, 4) is 6.07 Å². The van der Waals surface area contributed by atoms with E-state index in [1.165, 1.54) is 25.3 Å². The summed E-state index contributed by atoms with van der Waals surface area (Å²) in [7, 11) is 1.53. The van der Waals surface area contributed by atoms with Crippen molar-refractivity contribution in [2.24, 2.45) is 0 Å². The van der Waals surface area contributed by atoms with Gasteiger partial charge in [0.05, 0.1) is 6.61 Å². The second kappa shape index (κ2) is 7.41. The Morgan fingerprint density at radius 1 is 1.60 bits per heavy atom. The molecule has 0 aromatic heterocycles. The Balaban J connectivity index is 2.89. The summed E-state index contributed by atoms with van der Waals surface area (Å²) >= 11 is 0. The summed E-state index contributed by atoms with van der Waals surface area (Å²) in [4.78, 5) is 11.9. The van der Waals surface area contributed by atoms with Crippen LogP contribution in [0.25, 0.3) is 6.08 Å². The molecule has 0 heterocycles. The monoisotopic (exact) mass is 276 g/mol. The lowest BCUT2D eigenvalue weighted by Gasteiger charge is -2.12. The number of hydrogen-bond donors (Lipinski definition) is 1. The first kappa shape index (κ1) is 15.9. The molecular formula is C15H17FN2O2. The summed E-state index contributed by atoms with van der Waals surface area (Å²) in [6, 6.07) is 6.06. The normalized spacial score (nSPS) is 12.7. The van der Waals surface area contributed by atoms with Gasteiger partial charge in [-0.15, -0.1) is 0 Å². The van der Waals surface area contributed by atoms with Gasteiger partial charge in [0.2, 0.25) is 0 Å². The predicted molar refractivity (Wildman–Crippen MR) is 74.2 cm³/mol. The fraction of sp³-hybridized carbons (Fsp3) is 0.333. The van der Waals surface area contributed by atoms with Crippen molar-refractivity contribution in [2.45, 2.75) is 19.9 Å². The quantitative estimate of drug-likeness (QED) is 0.662. The largest absolute Gasteiger partial charge is 0.383 e. The van der Waals surface area contributed by atoms with Crippen molar-refractivity contribution in [1.82, 2.24) is 5.32 Å². The zero-order valence-corrected chi connectivity index (χ0v) is 11.7. The summed E-state index contributed by atoms with van der Waals surface area (Å²) in [6.07, 6.45) is 1.43. The summed E-state index contributed by atoms with van der Waals surface area (Å²) in [5.41, 5.74) is 1.04. The topological polar surface area (TPSA) is 62.1 Å². The maximum absolute atomic E-state index is 13.2. The first-order valence-electron chi connectivity index (χ1n) is 6.15. The van der Waals surface area contributed by atoms with Crippen molar-refractivity contribution >= 4 is 12.0 Å². The highest BCUT2D eigenvalue weighted by Crippen LogP contribution is 2.12. The van der Waals surface area contributed by atoms with Gasteiger partial charge in [-0.3, -0.25) is 4.79 Å². The number of halogens is 1. The highest BCUT2D eigenvalue weighted by atomic mass is 19.1. The molecule has 5 heteroatoms. The third-order valence-electron chi connectivity index (χ3n) is 2.65. The third kappa shape index (κ3) is 4.48. The molecule has 0 bridgehead atoms. The lowest BCUT2D eigenvalue weighted by molar-refractivity contribution is -0.117. The molecule has 0 aliphatic rings. The first-order chi connectivity index (χ1) is 9.47. The standard InChI is InChI=1S/C15H17FN2O2/c1-10-6-12(4-5-14(10)16)7-13(8-17)15(19)18-11(2)9-20-3/h4-7,11H,9H2,1-3H3,(H,18,19)/b13-7-. The van der Waals surface area contributed by atoms with Gasteiger partial charge in [0.1, 0.15) is 17.5 Å². The van der Waals surface area contributed by atoms with Crippen LogP contribution in [0, 0.1) is 24.1 Å². The van der Waals surface area contributed by atoms with Crippen LogP contribution >= 0.6 is 0 Å². The number of benzene rings is 1. The molecule has 106 valence electrons. The lowest BCUT2D eigenvalue weighted by atomic mass is 10.1. The zero-order valence-electron chi connectivity index (χ0n) is 11.7. The smallest absolute Gasteiger partial charge is 0.262 e. The van der Waals surface area contributed by atoms with E-state index >= 15 is 0 Å². The molecule has 1 rings (SSSR count). The van der Waals surface area contributed by atoms with Crippen LogP contribution in [0.15, 0.2) is 23.8 Å². The molecule has 1 aromatic rings. The number of nitrogens with zero attached hydrogens (tertiary/aromatic N) is 1. The van der Waals surface area contributed by atoms with Crippen LogP contribution in [0.5, 0.6) is 0 Å². The fourth-order valence-electron chi connectivity index (χ4n) is 1.67. The molecule has 1 atom stereocenters. The molecular weight excluding hydrogens is 259 g/mol. The van der Waals surface area contributed by atoms with Gasteiger partial charge in [0, 0.05) is 13.2 Å². The minimum absolute atomic E-state index is 0.0287. The number of rotatable bonds is 5. The van der Waals surface area contributed by atoms with Crippen LogP contribution in [0.4, 0.5) is 4.39 Å². The van der Waals surface area contributed by atoms with Crippen LogP contribution in [0.2, 0.25) is 0 Å². The van der Waals surface area contributed by atoms with Crippen LogP contribution in [0.1, 0.15) is 18.1 Å². The summed E-state index contributed by atoms with van der Waals surface area (Å²) < 4.78 is 18.1. The molecule has 0 radical (unpaired) electrons. The van der Waals surface area contributed by atoms with Gasteiger partial charge in [0.15, 0.2) is 0 Å². The molecule has 1 N–H and O–H groups in total. The van der Waals surface area contributed by atoms with Crippen molar-refractivity contribution in [3.05, 3.63) is 40.7 Å².